The Bertz CT molecular complexity index is 363. The average molecular weight is 263 g/mol. The van der Waals surface area contributed by atoms with Crippen molar-refractivity contribution in [1.82, 2.24) is 5.32 Å². The number of nitrogens with one attached hydrogen (secondary N) is 1. The van der Waals surface area contributed by atoms with Crippen molar-refractivity contribution in [2.45, 2.75) is 52.0 Å². The highest BCUT2D eigenvalue weighted by Gasteiger charge is 2.22. The van der Waals surface area contributed by atoms with Crippen molar-refractivity contribution in [2.75, 3.05) is 6.54 Å². The van der Waals surface area contributed by atoms with Crippen LogP contribution >= 0.6 is 0 Å². The van der Waals surface area contributed by atoms with E-state index < -0.39 is 0 Å². The molecule has 2 rings (SSSR count). The molecule has 0 bridgehead atoms. The lowest BCUT2D eigenvalue weighted by molar-refractivity contribution is 0.239. The van der Waals surface area contributed by atoms with E-state index in [0.717, 1.165) is 24.8 Å². The second-order valence-corrected chi connectivity index (χ2v) is 6.19. The highest BCUT2D eigenvalue weighted by molar-refractivity contribution is 5.16. The Hall–Kier alpha value is -0.890. The fourth-order valence-corrected chi connectivity index (χ4v) is 3.06. The van der Waals surface area contributed by atoms with Gasteiger partial charge in [-0.15, -0.1) is 0 Å². The van der Waals surface area contributed by atoms with Gasteiger partial charge in [0.05, 0.1) is 0 Å². The van der Waals surface area contributed by atoms with Crippen LogP contribution in [0, 0.1) is 17.7 Å². The van der Waals surface area contributed by atoms with E-state index in [9.17, 15) is 4.39 Å². The standard InChI is InChI=1S/C17H26FN/c1-13(2)15-5-9-17(10-6-15)19-12-11-14-3-7-16(18)8-4-14/h3-4,7-8,13,15,17,19H,5-6,9-12H2,1-2H3/t15-,17-. The predicted octanol–water partition coefficient (Wildman–Crippen LogP) is 4.17. The monoisotopic (exact) mass is 263 g/mol. The highest BCUT2D eigenvalue weighted by atomic mass is 19.1. The Balaban J connectivity index is 1.65. The van der Waals surface area contributed by atoms with Crippen molar-refractivity contribution in [3.8, 4) is 0 Å². The molecule has 1 aromatic carbocycles. The zero-order chi connectivity index (χ0) is 13.7. The molecule has 2 heteroatoms. The third-order valence-corrected chi connectivity index (χ3v) is 4.47. The van der Waals surface area contributed by atoms with Gasteiger partial charge in [-0.25, -0.2) is 4.39 Å². The fraction of sp³-hybridized carbons (Fsp3) is 0.647. The molecule has 0 spiro atoms. The van der Waals surface area contributed by atoms with E-state index >= 15 is 0 Å². The van der Waals surface area contributed by atoms with Crippen LogP contribution in [0.1, 0.15) is 45.1 Å². The largest absolute Gasteiger partial charge is 0.314 e. The second-order valence-electron chi connectivity index (χ2n) is 6.19. The van der Waals surface area contributed by atoms with Crippen LogP contribution in [0.3, 0.4) is 0 Å². The van der Waals surface area contributed by atoms with Crippen LogP contribution in [0.5, 0.6) is 0 Å². The fourth-order valence-electron chi connectivity index (χ4n) is 3.06. The van der Waals surface area contributed by atoms with Gasteiger partial charge in [-0.05, 0) is 68.2 Å². The molecule has 0 radical (unpaired) electrons. The van der Waals surface area contributed by atoms with Crippen LogP contribution in [0.15, 0.2) is 24.3 Å². The van der Waals surface area contributed by atoms with Crippen LogP contribution in [0.25, 0.3) is 0 Å². The zero-order valence-corrected chi connectivity index (χ0v) is 12.2. The van der Waals surface area contributed by atoms with E-state index in [1.165, 1.54) is 31.2 Å². The maximum atomic E-state index is 12.8. The van der Waals surface area contributed by atoms with Gasteiger partial charge < -0.3 is 5.32 Å². The molecule has 1 aromatic rings. The van der Waals surface area contributed by atoms with Crippen LogP contribution in [0.4, 0.5) is 4.39 Å². The number of hydrogen-bond donors (Lipinski definition) is 1. The first-order valence-corrected chi connectivity index (χ1v) is 7.63. The number of hydrogen-bond acceptors (Lipinski definition) is 1. The van der Waals surface area contributed by atoms with Crippen molar-refractivity contribution >= 4 is 0 Å². The lowest BCUT2D eigenvalue weighted by Crippen LogP contribution is -2.35. The molecular weight excluding hydrogens is 237 g/mol. The quantitative estimate of drug-likeness (QED) is 0.840. The Morgan fingerprint density at radius 1 is 1.11 bits per heavy atom. The van der Waals surface area contributed by atoms with Crippen LogP contribution in [-0.2, 0) is 6.42 Å². The molecule has 0 unspecified atom stereocenters. The molecule has 1 aliphatic rings. The summed E-state index contributed by atoms with van der Waals surface area (Å²) in [5, 5.41) is 3.65. The minimum Gasteiger partial charge on any atom is -0.314 e. The van der Waals surface area contributed by atoms with Crippen molar-refractivity contribution < 1.29 is 4.39 Å². The molecule has 1 aliphatic carbocycles. The summed E-state index contributed by atoms with van der Waals surface area (Å²) in [5.74, 6) is 1.61. The van der Waals surface area contributed by atoms with E-state index in [-0.39, 0.29) is 5.82 Å². The molecule has 0 saturated heterocycles. The van der Waals surface area contributed by atoms with E-state index in [0.29, 0.717) is 6.04 Å². The van der Waals surface area contributed by atoms with Crippen LogP contribution in [0.2, 0.25) is 0 Å². The van der Waals surface area contributed by atoms with Crippen molar-refractivity contribution in [3.63, 3.8) is 0 Å². The molecule has 0 atom stereocenters. The summed E-state index contributed by atoms with van der Waals surface area (Å²) in [5.41, 5.74) is 1.21. The molecule has 1 saturated carbocycles. The van der Waals surface area contributed by atoms with Crippen LogP contribution < -0.4 is 5.32 Å². The van der Waals surface area contributed by atoms with Gasteiger partial charge in [0, 0.05) is 6.04 Å². The highest BCUT2D eigenvalue weighted by Crippen LogP contribution is 2.29. The molecule has 1 N–H and O–H groups in total. The normalized spacial score (nSPS) is 23.8. The first kappa shape index (κ1) is 14.5. The Morgan fingerprint density at radius 2 is 1.74 bits per heavy atom. The molecule has 0 amide bonds. The lowest BCUT2D eigenvalue weighted by Gasteiger charge is -2.31. The van der Waals surface area contributed by atoms with E-state index in [4.69, 9.17) is 0 Å². The maximum absolute atomic E-state index is 12.8. The maximum Gasteiger partial charge on any atom is 0.123 e. The van der Waals surface area contributed by atoms with Gasteiger partial charge in [-0.3, -0.25) is 0 Å². The zero-order valence-electron chi connectivity index (χ0n) is 12.2. The molecular formula is C17H26FN. The Morgan fingerprint density at radius 3 is 2.32 bits per heavy atom. The summed E-state index contributed by atoms with van der Waals surface area (Å²) in [6.07, 6.45) is 6.35. The van der Waals surface area contributed by atoms with Gasteiger partial charge in [0.25, 0.3) is 0 Å². The molecule has 1 fully saturated rings. The van der Waals surface area contributed by atoms with Gasteiger partial charge in [-0.1, -0.05) is 26.0 Å². The summed E-state index contributed by atoms with van der Waals surface area (Å²) >= 11 is 0. The van der Waals surface area contributed by atoms with Gasteiger partial charge in [0.2, 0.25) is 0 Å². The molecule has 0 aliphatic heterocycles. The smallest absolute Gasteiger partial charge is 0.123 e. The SMILES string of the molecule is CC(C)[C@H]1CC[C@H](NCCc2ccc(F)cc2)CC1. The summed E-state index contributed by atoms with van der Waals surface area (Å²) in [4.78, 5) is 0. The molecule has 19 heavy (non-hydrogen) atoms. The third-order valence-electron chi connectivity index (χ3n) is 4.47. The summed E-state index contributed by atoms with van der Waals surface area (Å²) in [6, 6.07) is 7.54. The second kappa shape index (κ2) is 7.04. The molecule has 0 heterocycles. The first-order chi connectivity index (χ1) is 9.15. The summed E-state index contributed by atoms with van der Waals surface area (Å²) < 4.78 is 12.8. The van der Waals surface area contributed by atoms with E-state index in [1.807, 2.05) is 12.1 Å². The minimum atomic E-state index is -0.149. The Labute approximate surface area is 116 Å². The van der Waals surface area contributed by atoms with Gasteiger partial charge in [-0.2, -0.15) is 0 Å². The van der Waals surface area contributed by atoms with Gasteiger partial charge >= 0.3 is 0 Å². The van der Waals surface area contributed by atoms with Crippen LogP contribution in [-0.4, -0.2) is 12.6 Å². The van der Waals surface area contributed by atoms with Gasteiger partial charge in [0.1, 0.15) is 5.82 Å². The van der Waals surface area contributed by atoms with E-state index in [1.54, 1.807) is 12.1 Å². The lowest BCUT2D eigenvalue weighted by atomic mass is 9.80. The molecule has 1 nitrogen and oxygen atoms in total. The van der Waals surface area contributed by atoms with E-state index in [2.05, 4.69) is 19.2 Å². The molecule has 106 valence electrons. The van der Waals surface area contributed by atoms with Gasteiger partial charge in [0.15, 0.2) is 0 Å². The predicted molar refractivity (Wildman–Crippen MR) is 78.7 cm³/mol. The van der Waals surface area contributed by atoms with Crippen molar-refractivity contribution in [1.29, 1.82) is 0 Å². The summed E-state index contributed by atoms with van der Waals surface area (Å²) in [6.45, 7) is 5.68. The Kier molecular flexibility index (Phi) is 5.38. The molecule has 0 aromatic heterocycles. The average Bonchev–Trinajstić information content (AvgIpc) is 2.41. The van der Waals surface area contributed by atoms with Crippen molar-refractivity contribution in [3.05, 3.63) is 35.6 Å². The third kappa shape index (κ3) is 4.61. The minimum absolute atomic E-state index is 0.149. The number of halogens is 1. The number of benzene rings is 1. The van der Waals surface area contributed by atoms with Crippen molar-refractivity contribution in [2.24, 2.45) is 11.8 Å². The first-order valence-electron chi connectivity index (χ1n) is 7.63. The summed E-state index contributed by atoms with van der Waals surface area (Å²) in [7, 11) is 0. The number of rotatable bonds is 5. The topological polar surface area (TPSA) is 12.0 Å².